The van der Waals surface area contributed by atoms with Gasteiger partial charge in [0.05, 0.1) is 54.7 Å². The largest absolute Gasteiger partial charge is 0.444 e. The lowest BCUT2D eigenvalue weighted by molar-refractivity contribution is -0.136. The number of ketones is 1. The number of anilines is 3. The number of alkyl halides is 3. The molecule has 1 saturated heterocycles. The third kappa shape index (κ3) is 10.9. The van der Waals surface area contributed by atoms with Crippen LogP contribution in [0.1, 0.15) is 77.9 Å². The molecule has 2 aliphatic rings. The second-order valence-electron chi connectivity index (χ2n) is 14.3. The maximum absolute atomic E-state index is 13.2. The Hall–Kier alpha value is -7.86. The number of carbonyl (C=O) groups excluding carboxylic acids is 7. The number of nitrogens with two attached hydrogens (primary N) is 1. The van der Waals surface area contributed by atoms with Gasteiger partial charge in [0, 0.05) is 43.4 Å². The normalized spacial score (nSPS) is 14.9. The van der Waals surface area contributed by atoms with Gasteiger partial charge in [-0.25, -0.2) is 14.6 Å². The standard InChI is InChI=1S/C41H38F3N11O10/c42-41(43,44)21-49-31-17-22(10-11-47-31)38-51-28(20-65-38)36(59)50-27-19-54(53-34(27)35(45)58)23-6-7-25(48-18-23)30(56)5-2-13-63-15-16-64-14-12-46-26-4-1-3-24-33(26)40(62)55(39(24)61)29-8-9-32(57)52-37(29)60/h1,3-4,6-7,10-11,17-20,29,46H,2,5,8-9,12-16,21H2,(H2,45,58)(H,47,49)(H,50,59)(H,52,57,60). The molecule has 0 spiro atoms. The highest BCUT2D eigenvalue weighted by atomic mass is 19.4. The number of piperidine rings is 1. The lowest BCUT2D eigenvalue weighted by atomic mass is 10.0. The molecule has 21 nitrogen and oxygen atoms in total. The number of nitrogens with one attached hydrogen (secondary N) is 4. The maximum atomic E-state index is 13.2. The number of hydrogen-bond acceptors (Lipinski definition) is 16. The molecule has 2 aliphatic heterocycles. The fourth-order valence-corrected chi connectivity index (χ4v) is 6.72. The van der Waals surface area contributed by atoms with Crippen molar-refractivity contribution >= 4 is 58.4 Å². The first-order valence-corrected chi connectivity index (χ1v) is 19.8. The molecule has 338 valence electrons. The summed E-state index contributed by atoms with van der Waals surface area (Å²) < 4.78 is 55.6. The second kappa shape index (κ2) is 19.7. The molecule has 65 heavy (non-hydrogen) atoms. The molecule has 4 aromatic heterocycles. The van der Waals surface area contributed by atoms with E-state index in [9.17, 15) is 46.7 Å². The fraction of sp³-hybridized carbons (Fsp3) is 0.293. The molecule has 0 aliphatic carbocycles. The van der Waals surface area contributed by atoms with Crippen LogP contribution in [-0.4, -0.2) is 123 Å². The highest BCUT2D eigenvalue weighted by molar-refractivity contribution is 6.25. The van der Waals surface area contributed by atoms with Gasteiger partial charge in [0.25, 0.3) is 23.6 Å². The van der Waals surface area contributed by atoms with Crippen LogP contribution in [-0.2, 0) is 19.1 Å². The summed E-state index contributed by atoms with van der Waals surface area (Å²) in [5, 5.41) is 14.0. The highest BCUT2D eigenvalue weighted by Gasteiger charge is 2.45. The Kier molecular flexibility index (Phi) is 13.7. The average Bonchev–Trinajstić information content (AvgIpc) is 4.01. The van der Waals surface area contributed by atoms with Crippen molar-refractivity contribution in [3.8, 4) is 17.1 Å². The molecule has 1 atom stereocenters. The van der Waals surface area contributed by atoms with Gasteiger partial charge in [-0.2, -0.15) is 18.3 Å². The number of primary amides is 1. The van der Waals surface area contributed by atoms with Crippen molar-refractivity contribution in [2.45, 2.75) is 37.9 Å². The lowest BCUT2D eigenvalue weighted by Crippen LogP contribution is -2.54. The second-order valence-corrected chi connectivity index (χ2v) is 14.3. The number of imide groups is 2. The minimum absolute atomic E-state index is 0.0215. The summed E-state index contributed by atoms with van der Waals surface area (Å²) in [6.07, 6.45) is 1.03. The minimum atomic E-state index is -4.47. The zero-order valence-electron chi connectivity index (χ0n) is 34.0. The van der Waals surface area contributed by atoms with Crippen LogP contribution in [0.3, 0.4) is 0 Å². The summed E-state index contributed by atoms with van der Waals surface area (Å²) in [5.41, 5.74) is 6.35. The molecule has 6 heterocycles. The van der Waals surface area contributed by atoms with Crippen LogP contribution in [0.15, 0.2) is 71.7 Å². The van der Waals surface area contributed by atoms with Gasteiger partial charge in [0.15, 0.2) is 17.2 Å². The van der Waals surface area contributed by atoms with E-state index in [-0.39, 0.29) is 103 Å². The van der Waals surface area contributed by atoms with Crippen molar-refractivity contribution in [1.29, 1.82) is 0 Å². The number of pyridine rings is 2. The monoisotopic (exact) mass is 901 g/mol. The van der Waals surface area contributed by atoms with Gasteiger partial charge in [-0.15, -0.1) is 0 Å². The van der Waals surface area contributed by atoms with Crippen LogP contribution in [0, 0.1) is 0 Å². The van der Waals surface area contributed by atoms with Crippen LogP contribution in [0.2, 0.25) is 0 Å². The third-order valence-corrected chi connectivity index (χ3v) is 9.80. The Balaban J connectivity index is 0.819. The molecule has 24 heteroatoms. The SMILES string of the molecule is NC(=O)c1nn(-c2ccc(C(=O)CCCOCCOCCNc3cccc4c3C(=O)N(C3CCC(=O)NC3=O)C4=O)nc2)cc1NC(=O)c1coc(-c2ccnc(NCC(F)(F)F)c2)n1. The van der Waals surface area contributed by atoms with E-state index in [1.165, 1.54) is 53.6 Å². The predicted octanol–water partition coefficient (Wildman–Crippen LogP) is 3.15. The molecule has 0 bridgehead atoms. The van der Waals surface area contributed by atoms with Crippen LogP contribution < -0.4 is 27.0 Å². The van der Waals surface area contributed by atoms with Crippen molar-refractivity contribution < 1.29 is 60.6 Å². The van der Waals surface area contributed by atoms with Gasteiger partial charge in [-0.05, 0) is 49.2 Å². The summed E-state index contributed by atoms with van der Waals surface area (Å²) in [6, 6.07) is 9.39. The molecule has 1 aromatic carbocycles. The Morgan fingerprint density at radius 3 is 2.48 bits per heavy atom. The quantitative estimate of drug-likeness (QED) is 0.0426. The lowest BCUT2D eigenvalue weighted by Gasteiger charge is -2.27. The number of halogens is 3. The first kappa shape index (κ1) is 45.2. The van der Waals surface area contributed by atoms with E-state index in [4.69, 9.17) is 19.6 Å². The van der Waals surface area contributed by atoms with Gasteiger partial charge in [-0.1, -0.05) is 6.07 Å². The Bertz CT molecular complexity index is 2650. The van der Waals surface area contributed by atoms with Crippen molar-refractivity contribution in [2.75, 3.05) is 55.5 Å². The van der Waals surface area contributed by atoms with Crippen LogP contribution in [0.4, 0.5) is 30.4 Å². The summed E-state index contributed by atoms with van der Waals surface area (Å²) in [6.45, 7) is -0.0204. The number of ether oxygens (including phenoxy) is 2. The van der Waals surface area contributed by atoms with Crippen molar-refractivity contribution in [2.24, 2.45) is 5.73 Å². The van der Waals surface area contributed by atoms with E-state index < -0.39 is 54.2 Å². The van der Waals surface area contributed by atoms with E-state index in [0.29, 0.717) is 24.3 Å². The number of fused-ring (bicyclic) bond motifs is 1. The number of rotatable bonds is 20. The molecule has 7 rings (SSSR count). The number of hydrogen-bond donors (Lipinski definition) is 5. The first-order valence-electron chi connectivity index (χ1n) is 19.8. The maximum Gasteiger partial charge on any atom is 0.405 e. The molecule has 0 radical (unpaired) electrons. The summed E-state index contributed by atoms with van der Waals surface area (Å²) >= 11 is 0. The highest BCUT2D eigenvalue weighted by Crippen LogP contribution is 2.32. The average molecular weight is 902 g/mol. The van der Waals surface area contributed by atoms with Gasteiger partial charge in [0.2, 0.25) is 17.7 Å². The van der Waals surface area contributed by atoms with Crippen molar-refractivity contribution in [3.05, 3.63) is 95.5 Å². The Morgan fingerprint density at radius 1 is 0.938 bits per heavy atom. The molecule has 6 amide bonds. The first-order chi connectivity index (χ1) is 31.2. The molecule has 6 N–H and O–H groups in total. The molecular formula is C41H38F3N11O10. The van der Waals surface area contributed by atoms with Crippen molar-refractivity contribution in [1.82, 2.24) is 34.9 Å². The van der Waals surface area contributed by atoms with Gasteiger partial charge >= 0.3 is 6.18 Å². The number of nitrogens with zero attached hydrogens (tertiary/aromatic N) is 6. The zero-order valence-corrected chi connectivity index (χ0v) is 34.0. The molecule has 5 aromatic rings. The number of aromatic nitrogens is 5. The molecule has 1 unspecified atom stereocenters. The molecule has 1 fully saturated rings. The fourth-order valence-electron chi connectivity index (χ4n) is 6.72. The smallest absolute Gasteiger partial charge is 0.405 e. The van der Waals surface area contributed by atoms with Crippen LogP contribution in [0.25, 0.3) is 17.1 Å². The Labute approximate surface area is 365 Å². The summed E-state index contributed by atoms with van der Waals surface area (Å²) in [4.78, 5) is 101. The Morgan fingerprint density at radius 2 is 1.74 bits per heavy atom. The molecular weight excluding hydrogens is 864 g/mol. The van der Waals surface area contributed by atoms with Gasteiger partial charge in [0.1, 0.15) is 30.4 Å². The van der Waals surface area contributed by atoms with Crippen molar-refractivity contribution in [3.63, 3.8) is 0 Å². The number of Topliss-reactive ketones (excluding diaryl/α,β-unsaturated/α-hetero) is 1. The topological polar surface area (TPSA) is 285 Å². The third-order valence-electron chi connectivity index (χ3n) is 9.80. The van der Waals surface area contributed by atoms with E-state index in [0.717, 1.165) is 11.2 Å². The minimum Gasteiger partial charge on any atom is -0.444 e. The predicted molar refractivity (Wildman–Crippen MR) is 219 cm³/mol. The number of amides is 6. The van der Waals surface area contributed by atoms with E-state index in [1.54, 1.807) is 12.1 Å². The van der Waals surface area contributed by atoms with Gasteiger partial charge < -0.3 is 35.6 Å². The molecule has 0 saturated carbocycles. The van der Waals surface area contributed by atoms with Crippen LogP contribution >= 0.6 is 0 Å². The summed E-state index contributed by atoms with van der Waals surface area (Å²) in [5.74, 6) is -4.57. The van der Waals surface area contributed by atoms with E-state index >= 15 is 0 Å². The van der Waals surface area contributed by atoms with Crippen LogP contribution in [0.5, 0.6) is 0 Å². The number of benzene rings is 1. The summed E-state index contributed by atoms with van der Waals surface area (Å²) in [7, 11) is 0. The van der Waals surface area contributed by atoms with E-state index in [2.05, 4.69) is 41.3 Å². The zero-order chi connectivity index (χ0) is 46.3. The number of carbonyl (C=O) groups is 7. The number of oxazole rings is 1. The van der Waals surface area contributed by atoms with E-state index in [1.807, 2.05) is 0 Å². The van der Waals surface area contributed by atoms with Gasteiger partial charge in [-0.3, -0.25) is 48.8 Å².